The number of hydrogen-bond acceptors (Lipinski definition) is 5. The van der Waals surface area contributed by atoms with Crippen LogP contribution in [0.1, 0.15) is 72.5 Å². The Kier molecular flexibility index (Phi) is 10.8. The molecule has 9 nitrogen and oxygen atoms in total. The monoisotopic (exact) mass is 437 g/mol. The molecule has 1 heterocycles. The molecule has 1 amide bonds. The van der Waals surface area contributed by atoms with Crippen LogP contribution in [0.25, 0.3) is 0 Å². The van der Waals surface area contributed by atoms with E-state index in [2.05, 4.69) is 46.5 Å². The number of aromatic nitrogens is 3. The zero-order valence-corrected chi connectivity index (χ0v) is 20.9. The van der Waals surface area contributed by atoms with Gasteiger partial charge in [0.15, 0.2) is 11.8 Å². The highest BCUT2D eigenvalue weighted by Gasteiger charge is 2.22. The molecule has 1 unspecified atom stereocenters. The minimum Gasteiger partial charge on any atom is -0.444 e. The Hall–Kier alpha value is -2.32. The van der Waals surface area contributed by atoms with Crippen molar-refractivity contribution >= 4 is 12.1 Å². The summed E-state index contributed by atoms with van der Waals surface area (Å²) in [6.07, 6.45) is 2.60. The second-order valence-corrected chi connectivity index (χ2v) is 9.35. The molecule has 0 saturated carbocycles. The number of nitrogens with zero attached hydrogens (tertiary/aromatic N) is 5. The Morgan fingerprint density at radius 2 is 1.97 bits per heavy atom. The van der Waals surface area contributed by atoms with Crippen LogP contribution in [0.5, 0.6) is 0 Å². The third-order valence-corrected chi connectivity index (χ3v) is 5.01. The minimum absolute atomic E-state index is 0.00980. The predicted octanol–water partition coefficient (Wildman–Crippen LogP) is 3.24. The van der Waals surface area contributed by atoms with Crippen LogP contribution in [0.4, 0.5) is 4.79 Å². The molecule has 1 atom stereocenters. The topological polar surface area (TPSA) is 96.7 Å². The minimum atomic E-state index is -0.510. The number of unbranched alkanes of at least 4 members (excludes halogenated alkanes) is 1. The number of rotatable bonds is 10. The SMILES string of the molecule is CCCCNC(=NCc1nnc(C)n1C)N(C)CCC(NC(=O)OC(C)(C)C)C(C)C. The van der Waals surface area contributed by atoms with Gasteiger partial charge in [-0.2, -0.15) is 0 Å². The summed E-state index contributed by atoms with van der Waals surface area (Å²) in [5.41, 5.74) is -0.510. The first-order valence-corrected chi connectivity index (χ1v) is 11.3. The van der Waals surface area contributed by atoms with Crippen molar-refractivity contribution < 1.29 is 9.53 Å². The second kappa shape index (κ2) is 12.5. The lowest BCUT2D eigenvalue weighted by atomic mass is 10.0. The van der Waals surface area contributed by atoms with Gasteiger partial charge >= 0.3 is 6.09 Å². The standard InChI is InChI=1S/C22H43N7O2/c1-10-11-13-23-20(24-15-19-27-26-17(4)29(19)9)28(8)14-12-18(16(2)3)25-21(30)31-22(5,6)7/h16,18H,10-15H2,1-9H3,(H,23,24)(H,25,30). The molecule has 178 valence electrons. The number of aryl methyl sites for hydroxylation is 1. The Bertz CT molecular complexity index is 707. The average Bonchev–Trinajstić information content (AvgIpc) is 2.98. The number of aliphatic imine (C=N–C) groups is 1. The van der Waals surface area contributed by atoms with Gasteiger partial charge in [0, 0.05) is 33.2 Å². The Morgan fingerprint density at radius 3 is 2.48 bits per heavy atom. The second-order valence-electron chi connectivity index (χ2n) is 9.35. The normalized spacial score (nSPS) is 13.3. The third-order valence-electron chi connectivity index (χ3n) is 5.01. The highest BCUT2D eigenvalue weighted by Crippen LogP contribution is 2.11. The molecule has 1 aromatic heterocycles. The Balaban J connectivity index is 2.78. The summed E-state index contributed by atoms with van der Waals surface area (Å²) in [7, 11) is 3.97. The van der Waals surface area contributed by atoms with Gasteiger partial charge in [-0.15, -0.1) is 10.2 Å². The molecule has 9 heteroatoms. The van der Waals surface area contributed by atoms with Crippen LogP contribution in [0.3, 0.4) is 0 Å². The smallest absolute Gasteiger partial charge is 0.407 e. The van der Waals surface area contributed by atoms with E-state index in [1.54, 1.807) is 0 Å². The van der Waals surface area contributed by atoms with Crippen LogP contribution in [0.15, 0.2) is 4.99 Å². The lowest BCUT2D eigenvalue weighted by Gasteiger charge is -2.28. The van der Waals surface area contributed by atoms with Gasteiger partial charge in [0.25, 0.3) is 0 Å². The predicted molar refractivity (Wildman–Crippen MR) is 125 cm³/mol. The zero-order chi connectivity index (χ0) is 23.6. The van der Waals surface area contributed by atoms with E-state index in [0.29, 0.717) is 6.54 Å². The number of carbonyl (C=O) groups excluding carboxylic acids is 1. The van der Waals surface area contributed by atoms with Crippen molar-refractivity contribution in [1.82, 2.24) is 30.3 Å². The van der Waals surface area contributed by atoms with Gasteiger partial charge < -0.3 is 24.8 Å². The van der Waals surface area contributed by atoms with Gasteiger partial charge in [0.1, 0.15) is 18.0 Å². The molecule has 0 spiro atoms. The van der Waals surface area contributed by atoms with Crippen molar-refractivity contribution in [3.05, 3.63) is 11.6 Å². The summed E-state index contributed by atoms with van der Waals surface area (Å²) in [4.78, 5) is 19.1. The molecule has 31 heavy (non-hydrogen) atoms. The first kappa shape index (κ1) is 26.7. The summed E-state index contributed by atoms with van der Waals surface area (Å²) in [6, 6.07) is 0.00980. The first-order chi connectivity index (χ1) is 14.4. The number of carbonyl (C=O) groups is 1. The van der Waals surface area contributed by atoms with Crippen LogP contribution >= 0.6 is 0 Å². The number of guanidine groups is 1. The van der Waals surface area contributed by atoms with Crippen molar-refractivity contribution in [3.63, 3.8) is 0 Å². The lowest BCUT2D eigenvalue weighted by molar-refractivity contribution is 0.0486. The molecule has 0 bridgehead atoms. The van der Waals surface area contributed by atoms with Gasteiger partial charge in [-0.25, -0.2) is 9.79 Å². The van der Waals surface area contributed by atoms with E-state index in [9.17, 15) is 4.79 Å². The molecule has 1 rings (SSSR count). The van der Waals surface area contributed by atoms with Crippen LogP contribution in [0.2, 0.25) is 0 Å². The highest BCUT2D eigenvalue weighted by atomic mass is 16.6. The average molecular weight is 438 g/mol. The molecule has 0 radical (unpaired) electrons. The molecule has 2 N–H and O–H groups in total. The molecule has 0 aromatic carbocycles. The van der Waals surface area contributed by atoms with Gasteiger partial charge in [-0.3, -0.25) is 0 Å². The Morgan fingerprint density at radius 1 is 1.29 bits per heavy atom. The maximum atomic E-state index is 12.2. The summed E-state index contributed by atoms with van der Waals surface area (Å²) in [5.74, 6) is 2.81. The van der Waals surface area contributed by atoms with E-state index in [0.717, 1.165) is 50.0 Å². The molecule has 0 aliphatic carbocycles. The van der Waals surface area contributed by atoms with E-state index in [-0.39, 0.29) is 18.1 Å². The first-order valence-electron chi connectivity index (χ1n) is 11.3. The van der Waals surface area contributed by atoms with E-state index < -0.39 is 5.60 Å². The number of nitrogens with one attached hydrogen (secondary N) is 2. The van der Waals surface area contributed by atoms with E-state index in [1.165, 1.54) is 0 Å². The van der Waals surface area contributed by atoms with E-state index >= 15 is 0 Å². The summed E-state index contributed by atoms with van der Waals surface area (Å²) in [6.45, 7) is 16.0. The highest BCUT2D eigenvalue weighted by molar-refractivity contribution is 5.79. The van der Waals surface area contributed by atoms with Crippen LogP contribution in [0, 0.1) is 12.8 Å². The number of hydrogen-bond donors (Lipinski definition) is 2. The summed E-state index contributed by atoms with van der Waals surface area (Å²) in [5, 5.41) is 14.8. The quantitative estimate of drug-likeness (QED) is 0.331. The maximum absolute atomic E-state index is 12.2. The van der Waals surface area contributed by atoms with Crippen molar-refractivity contribution in [2.75, 3.05) is 20.1 Å². The van der Waals surface area contributed by atoms with Gasteiger partial charge in [0.05, 0.1) is 0 Å². The Labute approximate surface area is 188 Å². The number of ether oxygens (including phenoxy) is 1. The summed E-state index contributed by atoms with van der Waals surface area (Å²) < 4.78 is 7.38. The van der Waals surface area contributed by atoms with Crippen LogP contribution < -0.4 is 10.6 Å². The fourth-order valence-electron chi connectivity index (χ4n) is 2.89. The number of amides is 1. The molecule has 0 saturated heterocycles. The van der Waals surface area contributed by atoms with E-state index in [4.69, 9.17) is 9.73 Å². The van der Waals surface area contributed by atoms with Gasteiger partial charge in [0.2, 0.25) is 0 Å². The zero-order valence-electron chi connectivity index (χ0n) is 20.9. The maximum Gasteiger partial charge on any atom is 0.407 e. The van der Waals surface area contributed by atoms with E-state index in [1.807, 2.05) is 46.4 Å². The van der Waals surface area contributed by atoms with Crippen molar-refractivity contribution in [2.45, 2.75) is 85.9 Å². The molecular formula is C22H43N7O2. The van der Waals surface area contributed by atoms with Gasteiger partial charge in [-0.1, -0.05) is 27.2 Å². The van der Waals surface area contributed by atoms with Gasteiger partial charge in [-0.05, 0) is 46.5 Å². The third kappa shape index (κ3) is 10.0. The fourth-order valence-corrected chi connectivity index (χ4v) is 2.89. The largest absolute Gasteiger partial charge is 0.444 e. The molecular weight excluding hydrogens is 394 g/mol. The molecule has 0 fully saturated rings. The summed E-state index contributed by atoms with van der Waals surface area (Å²) >= 11 is 0. The molecule has 0 aliphatic rings. The number of alkyl carbamates (subject to hydrolysis) is 1. The van der Waals surface area contributed by atoms with Crippen LogP contribution in [-0.2, 0) is 18.3 Å². The fraction of sp³-hybridized carbons (Fsp3) is 0.818. The lowest BCUT2D eigenvalue weighted by Crippen LogP contribution is -2.45. The molecule has 1 aromatic rings. The van der Waals surface area contributed by atoms with Crippen molar-refractivity contribution in [1.29, 1.82) is 0 Å². The van der Waals surface area contributed by atoms with Crippen molar-refractivity contribution in [3.8, 4) is 0 Å². The van der Waals surface area contributed by atoms with Crippen molar-refractivity contribution in [2.24, 2.45) is 18.0 Å². The van der Waals surface area contributed by atoms with Crippen LogP contribution in [-0.4, -0.2) is 63.5 Å². The molecule has 0 aliphatic heterocycles.